The molecule has 8 nitrogen and oxygen atoms in total. The number of piperidine rings is 1. The van der Waals surface area contributed by atoms with Crippen molar-refractivity contribution in [1.29, 1.82) is 0 Å². The van der Waals surface area contributed by atoms with Crippen molar-refractivity contribution in [3.8, 4) is 0 Å². The van der Waals surface area contributed by atoms with Gasteiger partial charge in [0.1, 0.15) is 12.1 Å². The average molecular weight is 483 g/mol. The minimum Gasteiger partial charge on any atom is -0.371 e. The zero-order chi connectivity index (χ0) is 25.1. The number of anilines is 2. The second-order valence-corrected chi connectivity index (χ2v) is 9.54. The van der Waals surface area contributed by atoms with E-state index in [0.717, 1.165) is 37.9 Å². The molecule has 9 heteroatoms. The summed E-state index contributed by atoms with van der Waals surface area (Å²) in [6, 6.07) is 9.35. The second-order valence-electron chi connectivity index (χ2n) is 9.54. The molecule has 0 N–H and O–H groups in total. The molecule has 1 atom stereocenters. The minimum atomic E-state index is -0.477. The number of carbonyl (C=O) groups excluding carboxylic acids is 2. The molecule has 186 valence electrons. The number of nitro groups is 1. The summed E-state index contributed by atoms with van der Waals surface area (Å²) in [5.41, 5.74) is 2.05. The van der Waals surface area contributed by atoms with E-state index in [0.29, 0.717) is 48.9 Å². The number of carbonyl (C=O) groups is 2. The van der Waals surface area contributed by atoms with E-state index in [1.54, 1.807) is 30.0 Å². The lowest BCUT2D eigenvalue weighted by Gasteiger charge is -2.37. The minimum absolute atomic E-state index is 0.104. The molecular weight excluding hydrogens is 451 g/mol. The Balaban J connectivity index is 1.50. The maximum atomic E-state index is 14.8. The van der Waals surface area contributed by atoms with Gasteiger partial charge in [-0.25, -0.2) is 4.39 Å². The van der Waals surface area contributed by atoms with Gasteiger partial charge in [-0.2, -0.15) is 0 Å². The molecule has 0 spiro atoms. The molecule has 0 radical (unpaired) electrons. The maximum absolute atomic E-state index is 14.8. The largest absolute Gasteiger partial charge is 0.371 e. The second kappa shape index (κ2) is 10.4. The van der Waals surface area contributed by atoms with Gasteiger partial charge in [-0.3, -0.25) is 14.9 Å². The lowest BCUT2D eigenvalue weighted by molar-refractivity contribution is -0.384. The fraction of sp³-hybridized carbons (Fsp3) is 0.462. The molecule has 0 bridgehead atoms. The zero-order valence-electron chi connectivity index (χ0n) is 20.2. The Bertz CT molecular complexity index is 1110. The van der Waals surface area contributed by atoms with Crippen molar-refractivity contribution in [2.75, 3.05) is 49.1 Å². The Kier molecular flexibility index (Phi) is 7.33. The van der Waals surface area contributed by atoms with Gasteiger partial charge in [0.25, 0.3) is 11.6 Å². The number of halogens is 1. The molecule has 0 aliphatic carbocycles. The Hall–Kier alpha value is -3.49. The van der Waals surface area contributed by atoms with Crippen molar-refractivity contribution in [3.05, 3.63) is 63.5 Å². The van der Waals surface area contributed by atoms with Gasteiger partial charge in [-0.1, -0.05) is 19.9 Å². The van der Waals surface area contributed by atoms with Crippen molar-refractivity contribution >= 4 is 29.3 Å². The summed E-state index contributed by atoms with van der Waals surface area (Å²) >= 11 is 0. The van der Waals surface area contributed by atoms with Gasteiger partial charge < -0.3 is 19.5 Å². The number of amides is 1. The molecule has 35 heavy (non-hydrogen) atoms. The van der Waals surface area contributed by atoms with Crippen LogP contribution in [0.1, 0.15) is 48.5 Å². The molecule has 0 saturated carbocycles. The van der Waals surface area contributed by atoms with Gasteiger partial charge in [0.05, 0.1) is 21.9 Å². The number of hydrogen-bond donors (Lipinski definition) is 0. The van der Waals surface area contributed by atoms with Crippen molar-refractivity contribution in [3.63, 3.8) is 0 Å². The first kappa shape index (κ1) is 24.6. The smallest absolute Gasteiger partial charge is 0.270 e. The highest BCUT2D eigenvalue weighted by atomic mass is 19.1. The van der Waals surface area contributed by atoms with Crippen molar-refractivity contribution < 1.29 is 18.9 Å². The average Bonchev–Trinajstić information content (AvgIpc) is 2.88. The predicted octanol–water partition coefficient (Wildman–Crippen LogP) is 4.24. The molecule has 2 heterocycles. The maximum Gasteiger partial charge on any atom is 0.270 e. The fourth-order valence-corrected chi connectivity index (χ4v) is 4.80. The number of hydrogen-bond acceptors (Lipinski definition) is 6. The fourth-order valence-electron chi connectivity index (χ4n) is 4.80. The Morgan fingerprint density at radius 3 is 2.26 bits per heavy atom. The standard InChI is InChI=1S/C26H31FN4O4/c1-18-7-9-28(10-8-18)24-6-4-21(31(34)35)16-22(24)26(33)30-13-11-29(12-14-30)25-5-3-20(15-23(25)27)19(2)17-32/h3-6,15-19H,7-14H2,1-2H3. The molecule has 2 aromatic carbocycles. The molecule has 2 aliphatic heterocycles. The van der Waals surface area contributed by atoms with Crippen molar-refractivity contribution in [2.24, 2.45) is 5.92 Å². The summed E-state index contributed by atoms with van der Waals surface area (Å²) in [6.45, 7) is 7.19. The molecular formula is C26H31FN4O4. The lowest BCUT2D eigenvalue weighted by Crippen LogP contribution is -2.49. The van der Waals surface area contributed by atoms with Gasteiger partial charge in [-0.05, 0) is 42.5 Å². The number of non-ortho nitro benzene ring substituents is 1. The van der Waals surface area contributed by atoms with Crippen LogP contribution in [0.4, 0.5) is 21.5 Å². The third kappa shape index (κ3) is 5.28. The Morgan fingerprint density at radius 1 is 1.03 bits per heavy atom. The third-order valence-corrected chi connectivity index (χ3v) is 7.15. The van der Waals surface area contributed by atoms with E-state index < -0.39 is 10.7 Å². The first-order chi connectivity index (χ1) is 16.8. The third-order valence-electron chi connectivity index (χ3n) is 7.15. The van der Waals surface area contributed by atoms with Gasteiger partial charge in [0.15, 0.2) is 0 Å². The van der Waals surface area contributed by atoms with Gasteiger partial charge in [-0.15, -0.1) is 0 Å². The Morgan fingerprint density at radius 2 is 1.66 bits per heavy atom. The first-order valence-corrected chi connectivity index (χ1v) is 12.1. The van der Waals surface area contributed by atoms with Gasteiger partial charge in [0, 0.05) is 57.3 Å². The summed E-state index contributed by atoms with van der Waals surface area (Å²) in [5.74, 6) is -0.387. The summed E-state index contributed by atoms with van der Waals surface area (Å²) in [6.07, 6.45) is 2.81. The summed E-state index contributed by atoms with van der Waals surface area (Å²) in [7, 11) is 0. The van der Waals surface area contributed by atoms with E-state index in [1.807, 2.05) is 4.90 Å². The van der Waals surface area contributed by atoms with Crippen LogP contribution in [0.3, 0.4) is 0 Å². The van der Waals surface area contributed by atoms with Crippen LogP contribution in [0.2, 0.25) is 0 Å². The van der Waals surface area contributed by atoms with Crippen LogP contribution in [-0.2, 0) is 4.79 Å². The van der Waals surface area contributed by atoms with E-state index in [1.165, 1.54) is 18.2 Å². The number of piperazine rings is 1. The molecule has 2 fully saturated rings. The normalized spacial score (nSPS) is 17.9. The quantitative estimate of drug-likeness (QED) is 0.348. The molecule has 4 rings (SSSR count). The van der Waals surface area contributed by atoms with Crippen molar-refractivity contribution in [2.45, 2.75) is 32.6 Å². The Labute approximate surface area is 204 Å². The van der Waals surface area contributed by atoms with E-state index in [9.17, 15) is 24.1 Å². The van der Waals surface area contributed by atoms with Crippen LogP contribution in [0.25, 0.3) is 0 Å². The molecule has 1 amide bonds. The van der Waals surface area contributed by atoms with Crippen LogP contribution in [0, 0.1) is 21.8 Å². The van der Waals surface area contributed by atoms with E-state index in [-0.39, 0.29) is 17.5 Å². The zero-order valence-corrected chi connectivity index (χ0v) is 20.2. The van der Waals surface area contributed by atoms with Gasteiger partial charge in [0.2, 0.25) is 0 Å². The SMILES string of the molecule is CC1CCN(c2ccc([N+](=O)[O-])cc2C(=O)N2CCN(c3ccc(C(C)C=O)cc3F)CC2)CC1. The van der Waals surface area contributed by atoms with Crippen LogP contribution < -0.4 is 9.80 Å². The van der Waals surface area contributed by atoms with E-state index >= 15 is 0 Å². The number of nitro benzene ring substituents is 1. The molecule has 2 aromatic rings. The summed E-state index contributed by atoms with van der Waals surface area (Å²) in [5, 5.41) is 11.4. The highest BCUT2D eigenvalue weighted by Crippen LogP contribution is 2.31. The number of nitrogens with zero attached hydrogens (tertiary/aromatic N) is 4. The molecule has 0 aromatic heterocycles. The highest BCUT2D eigenvalue weighted by molar-refractivity contribution is 6.00. The van der Waals surface area contributed by atoms with E-state index in [4.69, 9.17) is 0 Å². The van der Waals surface area contributed by atoms with Gasteiger partial charge >= 0.3 is 0 Å². The van der Waals surface area contributed by atoms with Crippen LogP contribution in [0.15, 0.2) is 36.4 Å². The van der Waals surface area contributed by atoms with Crippen LogP contribution >= 0.6 is 0 Å². The van der Waals surface area contributed by atoms with E-state index in [2.05, 4.69) is 11.8 Å². The number of benzene rings is 2. The highest BCUT2D eigenvalue weighted by Gasteiger charge is 2.29. The molecule has 1 unspecified atom stereocenters. The van der Waals surface area contributed by atoms with Crippen LogP contribution in [0.5, 0.6) is 0 Å². The first-order valence-electron chi connectivity index (χ1n) is 12.1. The van der Waals surface area contributed by atoms with Crippen LogP contribution in [-0.4, -0.2) is 61.3 Å². The molecule has 2 aliphatic rings. The summed E-state index contributed by atoms with van der Waals surface area (Å²) in [4.78, 5) is 41.2. The monoisotopic (exact) mass is 482 g/mol. The predicted molar refractivity (Wildman–Crippen MR) is 133 cm³/mol. The molecule has 2 saturated heterocycles. The number of aldehydes is 1. The topological polar surface area (TPSA) is 87.0 Å². The number of rotatable bonds is 6. The lowest BCUT2D eigenvalue weighted by atomic mass is 9.97. The van der Waals surface area contributed by atoms with Crippen molar-refractivity contribution in [1.82, 2.24) is 4.90 Å². The summed E-state index contributed by atoms with van der Waals surface area (Å²) < 4.78 is 14.8.